The molecule has 4 rings (SSSR count). The maximum atomic E-state index is 12.5. The van der Waals surface area contributed by atoms with E-state index in [0.717, 1.165) is 30.5 Å². The summed E-state index contributed by atoms with van der Waals surface area (Å²) in [5.41, 5.74) is 3.81. The van der Waals surface area contributed by atoms with E-state index in [-0.39, 0.29) is 11.8 Å². The van der Waals surface area contributed by atoms with Crippen molar-refractivity contribution in [2.75, 3.05) is 5.32 Å². The van der Waals surface area contributed by atoms with Gasteiger partial charge in [0.25, 0.3) is 0 Å². The molecule has 1 aliphatic heterocycles. The number of alkyl halides is 3. The maximum Gasteiger partial charge on any atom is 0.573 e. The minimum absolute atomic E-state index is 0.227. The number of pyridine rings is 1. The number of nitrogens with one attached hydrogen (secondary N) is 1. The van der Waals surface area contributed by atoms with Gasteiger partial charge >= 0.3 is 6.36 Å². The van der Waals surface area contributed by atoms with Crippen LogP contribution in [0.15, 0.2) is 54.7 Å². The monoisotopic (exact) mass is 358 g/mol. The van der Waals surface area contributed by atoms with Crippen molar-refractivity contribution in [3.63, 3.8) is 0 Å². The normalized spacial score (nSPS) is 16.3. The molecule has 1 N–H and O–H groups in total. The van der Waals surface area contributed by atoms with E-state index >= 15 is 0 Å². The Morgan fingerprint density at radius 1 is 1.12 bits per heavy atom. The van der Waals surface area contributed by atoms with Crippen LogP contribution in [-0.4, -0.2) is 17.4 Å². The van der Waals surface area contributed by atoms with Crippen LogP contribution < -0.4 is 10.1 Å². The predicted octanol–water partition coefficient (Wildman–Crippen LogP) is 5.10. The smallest absolute Gasteiger partial charge is 0.406 e. The van der Waals surface area contributed by atoms with Crippen molar-refractivity contribution >= 4 is 16.6 Å². The molecule has 1 unspecified atom stereocenters. The number of benzene rings is 2. The number of nitrogens with zero attached hydrogens (tertiary/aromatic N) is 1. The van der Waals surface area contributed by atoms with Crippen LogP contribution in [0.5, 0.6) is 5.75 Å². The highest BCUT2D eigenvalue weighted by Crippen LogP contribution is 2.36. The number of hydrogen-bond acceptors (Lipinski definition) is 3. The lowest BCUT2D eigenvalue weighted by atomic mass is 10.0. The molecule has 0 radical (unpaired) electrons. The van der Waals surface area contributed by atoms with Crippen LogP contribution in [-0.2, 0) is 12.8 Å². The second kappa shape index (κ2) is 6.52. The minimum Gasteiger partial charge on any atom is -0.406 e. The van der Waals surface area contributed by atoms with Crippen molar-refractivity contribution in [1.29, 1.82) is 0 Å². The lowest BCUT2D eigenvalue weighted by molar-refractivity contribution is -0.274. The van der Waals surface area contributed by atoms with E-state index in [1.54, 1.807) is 12.3 Å². The molecule has 26 heavy (non-hydrogen) atoms. The third kappa shape index (κ3) is 3.59. The fraction of sp³-hybridized carbons (Fsp3) is 0.250. The topological polar surface area (TPSA) is 34.1 Å². The number of aromatic nitrogens is 1. The van der Waals surface area contributed by atoms with Gasteiger partial charge in [0, 0.05) is 23.3 Å². The Hall–Kier alpha value is -2.76. The molecule has 0 bridgehead atoms. The molecule has 3 nitrogen and oxygen atoms in total. The number of rotatable bonds is 4. The lowest BCUT2D eigenvalue weighted by Crippen LogP contribution is -2.17. The molecular weight excluding hydrogens is 341 g/mol. The Morgan fingerprint density at radius 2 is 1.92 bits per heavy atom. The summed E-state index contributed by atoms with van der Waals surface area (Å²) >= 11 is 0. The van der Waals surface area contributed by atoms with Gasteiger partial charge in [-0.1, -0.05) is 30.3 Å². The Bertz CT molecular complexity index is 925. The second-order valence-corrected chi connectivity index (χ2v) is 6.45. The van der Waals surface area contributed by atoms with Crippen molar-refractivity contribution in [2.45, 2.75) is 31.7 Å². The molecular formula is C20H17F3N2O. The zero-order valence-corrected chi connectivity index (χ0v) is 13.9. The van der Waals surface area contributed by atoms with E-state index in [1.807, 2.05) is 18.2 Å². The van der Waals surface area contributed by atoms with E-state index in [0.29, 0.717) is 10.9 Å². The Kier molecular flexibility index (Phi) is 4.18. The first-order chi connectivity index (χ1) is 12.5. The molecule has 6 heteroatoms. The van der Waals surface area contributed by atoms with Crippen LogP contribution in [0.3, 0.4) is 0 Å². The van der Waals surface area contributed by atoms with Gasteiger partial charge in [0.2, 0.25) is 0 Å². The molecule has 2 heterocycles. The van der Waals surface area contributed by atoms with Crippen LogP contribution in [0, 0.1) is 0 Å². The van der Waals surface area contributed by atoms with Gasteiger partial charge in [0.1, 0.15) is 5.75 Å². The first kappa shape index (κ1) is 16.7. The van der Waals surface area contributed by atoms with E-state index in [9.17, 15) is 13.2 Å². The van der Waals surface area contributed by atoms with Gasteiger partial charge < -0.3 is 10.1 Å². The van der Waals surface area contributed by atoms with Crippen LogP contribution in [0.25, 0.3) is 10.9 Å². The van der Waals surface area contributed by atoms with E-state index < -0.39 is 6.36 Å². The summed E-state index contributed by atoms with van der Waals surface area (Å²) in [6.45, 7) is 0. The molecule has 0 saturated heterocycles. The molecule has 1 atom stereocenters. The number of aryl methyl sites for hydroxylation is 1. The zero-order chi connectivity index (χ0) is 18.1. The van der Waals surface area contributed by atoms with Crippen LogP contribution in [0.2, 0.25) is 0 Å². The highest BCUT2D eigenvalue weighted by molar-refractivity contribution is 5.94. The largest absolute Gasteiger partial charge is 0.573 e. The maximum absolute atomic E-state index is 12.5. The lowest BCUT2D eigenvalue weighted by Gasteiger charge is -2.13. The molecule has 0 amide bonds. The predicted molar refractivity (Wildman–Crippen MR) is 94.3 cm³/mol. The Balaban J connectivity index is 1.55. The van der Waals surface area contributed by atoms with Crippen molar-refractivity contribution in [1.82, 2.24) is 4.98 Å². The van der Waals surface area contributed by atoms with Crippen molar-refractivity contribution < 1.29 is 17.9 Å². The molecule has 1 aliphatic rings. The molecule has 0 saturated carbocycles. The van der Waals surface area contributed by atoms with Crippen LogP contribution >= 0.6 is 0 Å². The van der Waals surface area contributed by atoms with Crippen molar-refractivity contribution in [3.05, 3.63) is 65.9 Å². The highest BCUT2D eigenvalue weighted by atomic mass is 19.4. The molecule has 0 fully saturated rings. The average molecular weight is 358 g/mol. The third-order valence-electron chi connectivity index (χ3n) is 4.59. The van der Waals surface area contributed by atoms with Gasteiger partial charge in [-0.3, -0.25) is 4.98 Å². The summed E-state index contributed by atoms with van der Waals surface area (Å²) in [6.07, 6.45) is -0.198. The van der Waals surface area contributed by atoms with Crippen molar-refractivity contribution in [3.8, 4) is 5.75 Å². The molecule has 2 aromatic carbocycles. The van der Waals surface area contributed by atoms with E-state index in [2.05, 4.69) is 27.2 Å². The number of hydrogen-bond donors (Lipinski definition) is 1. The number of anilines is 1. The summed E-state index contributed by atoms with van der Waals surface area (Å²) < 4.78 is 41.5. The standard InChI is InChI=1S/C20H17F3N2O/c21-20(22,23)26-16-8-9-18-17(11-16)19-14(12-24-18)10-15(25-19)7-6-13-4-2-1-3-5-13/h1-5,8-9,11-12,15,25H,6-7,10H2. The van der Waals surface area contributed by atoms with Gasteiger partial charge in [0.05, 0.1) is 5.52 Å². The first-order valence-electron chi connectivity index (χ1n) is 8.46. The fourth-order valence-electron chi connectivity index (χ4n) is 3.42. The summed E-state index contributed by atoms with van der Waals surface area (Å²) in [6, 6.07) is 14.7. The van der Waals surface area contributed by atoms with E-state index in [4.69, 9.17) is 0 Å². The van der Waals surface area contributed by atoms with Gasteiger partial charge in [0.15, 0.2) is 0 Å². The van der Waals surface area contributed by atoms with Crippen molar-refractivity contribution in [2.24, 2.45) is 0 Å². The summed E-state index contributed by atoms with van der Waals surface area (Å²) in [5.74, 6) is -0.227. The summed E-state index contributed by atoms with van der Waals surface area (Å²) in [7, 11) is 0. The van der Waals surface area contributed by atoms with Gasteiger partial charge in [-0.15, -0.1) is 13.2 Å². The molecule has 1 aromatic heterocycles. The summed E-state index contributed by atoms with van der Waals surface area (Å²) in [5, 5.41) is 4.12. The Labute approximate surface area is 148 Å². The third-order valence-corrected chi connectivity index (χ3v) is 4.59. The minimum atomic E-state index is -4.70. The average Bonchev–Trinajstić information content (AvgIpc) is 3.03. The number of ether oxygens (including phenoxy) is 1. The fourth-order valence-corrected chi connectivity index (χ4v) is 3.42. The zero-order valence-electron chi connectivity index (χ0n) is 13.9. The SMILES string of the molecule is FC(F)(F)Oc1ccc2ncc3c(c2c1)NC(CCc1ccccc1)C3. The van der Waals surface area contributed by atoms with Crippen LogP contribution in [0.1, 0.15) is 17.5 Å². The van der Waals surface area contributed by atoms with Gasteiger partial charge in [-0.25, -0.2) is 0 Å². The first-order valence-corrected chi connectivity index (χ1v) is 8.46. The molecule has 0 spiro atoms. The highest BCUT2D eigenvalue weighted by Gasteiger charge is 2.31. The number of halogens is 3. The van der Waals surface area contributed by atoms with E-state index in [1.165, 1.54) is 17.7 Å². The Morgan fingerprint density at radius 3 is 2.69 bits per heavy atom. The van der Waals surface area contributed by atoms with Gasteiger partial charge in [-0.2, -0.15) is 0 Å². The molecule has 0 aliphatic carbocycles. The molecule has 134 valence electrons. The number of fused-ring (bicyclic) bond motifs is 3. The summed E-state index contributed by atoms with van der Waals surface area (Å²) in [4.78, 5) is 4.37. The quantitative estimate of drug-likeness (QED) is 0.704. The van der Waals surface area contributed by atoms with Gasteiger partial charge in [-0.05, 0) is 48.6 Å². The second-order valence-electron chi connectivity index (χ2n) is 6.45. The molecule has 3 aromatic rings. The van der Waals surface area contributed by atoms with Crippen LogP contribution in [0.4, 0.5) is 18.9 Å².